The van der Waals surface area contributed by atoms with Crippen LogP contribution in [0.2, 0.25) is 5.02 Å². The predicted octanol–water partition coefficient (Wildman–Crippen LogP) is 3.62. The van der Waals surface area contributed by atoms with Crippen LogP contribution < -0.4 is 5.32 Å². The van der Waals surface area contributed by atoms with Crippen molar-refractivity contribution in [2.75, 3.05) is 6.26 Å². The van der Waals surface area contributed by atoms with E-state index in [1.807, 2.05) is 6.92 Å². The summed E-state index contributed by atoms with van der Waals surface area (Å²) in [6, 6.07) is 13.1. The standard InChI is InChI=1S/C17H18ClNO3S/c1-3-16(12-7-9-15(10-8-12)23(2,21)22)19-17(20)13-5-4-6-14(18)11-13/h4-11,16H,3H2,1-2H3,(H,19,20)/t16-/m0/s1. The summed E-state index contributed by atoms with van der Waals surface area (Å²) in [5, 5.41) is 3.44. The first-order chi connectivity index (χ1) is 10.8. The zero-order chi connectivity index (χ0) is 17.0. The first-order valence-electron chi connectivity index (χ1n) is 7.17. The maximum Gasteiger partial charge on any atom is 0.251 e. The normalized spacial score (nSPS) is 12.7. The minimum Gasteiger partial charge on any atom is -0.345 e. The average Bonchev–Trinajstić information content (AvgIpc) is 2.51. The van der Waals surface area contributed by atoms with Gasteiger partial charge in [0.2, 0.25) is 0 Å². The van der Waals surface area contributed by atoms with Crippen molar-refractivity contribution in [3.63, 3.8) is 0 Å². The zero-order valence-corrected chi connectivity index (χ0v) is 14.5. The lowest BCUT2D eigenvalue weighted by atomic mass is 10.0. The minimum absolute atomic E-state index is 0.199. The van der Waals surface area contributed by atoms with E-state index in [-0.39, 0.29) is 16.8 Å². The second-order valence-corrected chi connectivity index (χ2v) is 7.74. The summed E-state index contributed by atoms with van der Waals surface area (Å²) in [6.07, 6.45) is 1.85. The molecule has 23 heavy (non-hydrogen) atoms. The fourth-order valence-corrected chi connectivity index (χ4v) is 3.06. The third-order valence-electron chi connectivity index (χ3n) is 3.51. The Morgan fingerprint density at radius 3 is 2.35 bits per heavy atom. The van der Waals surface area contributed by atoms with Gasteiger partial charge in [-0.05, 0) is 42.3 Å². The Kier molecular flexibility index (Phi) is 5.44. The fourth-order valence-electron chi connectivity index (χ4n) is 2.24. The van der Waals surface area contributed by atoms with Gasteiger partial charge in [-0.3, -0.25) is 4.79 Å². The Morgan fingerprint density at radius 1 is 1.17 bits per heavy atom. The third kappa shape index (κ3) is 4.56. The van der Waals surface area contributed by atoms with Crippen LogP contribution in [0, 0.1) is 0 Å². The largest absolute Gasteiger partial charge is 0.345 e. The van der Waals surface area contributed by atoms with Gasteiger partial charge in [-0.1, -0.05) is 36.7 Å². The molecule has 1 atom stereocenters. The lowest BCUT2D eigenvalue weighted by Gasteiger charge is -2.18. The molecule has 122 valence electrons. The van der Waals surface area contributed by atoms with Crippen LogP contribution >= 0.6 is 11.6 Å². The van der Waals surface area contributed by atoms with Crippen molar-refractivity contribution >= 4 is 27.3 Å². The zero-order valence-electron chi connectivity index (χ0n) is 12.9. The molecule has 0 radical (unpaired) electrons. The van der Waals surface area contributed by atoms with Crippen LogP contribution in [0.1, 0.15) is 35.3 Å². The van der Waals surface area contributed by atoms with Gasteiger partial charge in [0.05, 0.1) is 10.9 Å². The lowest BCUT2D eigenvalue weighted by Crippen LogP contribution is -2.28. The Morgan fingerprint density at radius 2 is 1.83 bits per heavy atom. The number of hydrogen-bond acceptors (Lipinski definition) is 3. The van der Waals surface area contributed by atoms with Gasteiger partial charge in [0, 0.05) is 16.8 Å². The van der Waals surface area contributed by atoms with Gasteiger partial charge in [-0.15, -0.1) is 0 Å². The van der Waals surface area contributed by atoms with Crippen LogP contribution in [0.4, 0.5) is 0 Å². The van der Waals surface area contributed by atoms with Crippen molar-refractivity contribution in [2.45, 2.75) is 24.3 Å². The monoisotopic (exact) mass is 351 g/mol. The summed E-state index contributed by atoms with van der Waals surface area (Å²) >= 11 is 5.90. The fraction of sp³-hybridized carbons (Fsp3) is 0.235. The van der Waals surface area contributed by atoms with E-state index in [1.165, 1.54) is 6.26 Å². The molecular formula is C17H18ClNO3S. The molecule has 4 nitrogen and oxygen atoms in total. The van der Waals surface area contributed by atoms with E-state index in [2.05, 4.69) is 5.32 Å². The summed E-state index contributed by atoms with van der Waals surface area (Å²) < 4.78 is 23.0. The summed E-state index contributed by atoms with van der Waals surface area (Å²) in [4.78, 5) is 12.6. The molecule has 1 N–H and O–H groups in total. The number of sulfone groups is 1. The van der Waals surface area contributed by atoms with Crippen LogP contribution in [0.5, 0.6) is 0 Å². The maximum absolute atomic E-state index is 12.3. The Hall–Kier alpha value is -1.85. The molecule has 2 aromatic carbocycles. The van der Waals surface area contributed by atoms with Crippen molar-refractivity contribution in [3.05, 3.63) is 64.7 Å². The average molecular weight is 352 g/mol. The molecule has 0 spiro atoms. The van der Waals surface area contributed by atoms with Crippen LogP contribution in [-0.4, -0.2) is 20.6 Å². The number of nitrogens with one attached hydrogen (secondary N) is 1. The lowest BCUT2D eigenvalue weighted by molar-refractivity contribution is 0.0935. The summed E-state index contributed by atoms with van der Waals surface area (Å²) in [6.45, 7) is 1.95. The molecule has 0 aliphatic rings. The Labute approximate surface area is 141 Å². The van der Waals surface area contributed by atoms with Gasteiger partial charge in [0.25, 0.3) is 5.91 Å². The van der Waals surface area contributed by atoms with E-state index < -0.39 is 9.84 Å². The highest BCUT2D eigenvalue weighted by Gasteiger charge is 2.15. The van der Waals surface area contributed by atoms with Crippen LogP contribution in [0.25, 0.3) is 0 Å². The van der Waals surface area contributed by atoms with Gasteiger partial charge in [0.15, 0.2) is 9.84 Å². The van der Waals surface area contributed by atoms with Crippen molar-refractivity contribution in [2.24, 2.45) is 0 Å². The van der Waals surface area contributed by atoms with Crippen LogP contribution in [0.3, 0.4) is 0 Å². The second kappa shape index (κ2) is 7.15. The number of carbonyl (C=O) groups excluding carboxylic acids is 1. The molecule has 0 saturated heterocycles. The summed E-state index contributed by atoms with van der Waals surface area (Å²) in [7, 11) is -3.22. The van der Waals surface area contributed by atoms with Crippen molar-refractivity contribution < 1.29 is 13.2 Å². The second-order valence-electron chi connectivity index (χ2n) is 5.29. The summed E-state index contributed by atoms with van der Waals surface area (Å²) in [5.41, 5.74) is 1.35. The van der Waals surface area contributed by atoms with E-state index in [0.29, 0.717) is 17.0 Å². The molecule has 0 aliphatic carbocycles. The van der Waals surface area contributed by atoms with Crippen LogP contribution in [0.15, 0.2) is 53.4 Å². The third-order valence-corrected chi connectivity index (χ3v) is 4.87. The molecule has 0 aliphatic heterocycles. The molecule has 0 aromatic heterocycles. The van der Waals surface area contributed by atoms with Gasteiger partial charge in [0.1, 0.15) is 0 Å². The molecule has 2 aromatic rings. The number of halogens is 1. The predicted molar refractivity (Wildman–Crippen MR) is 91.5 cm³/mol. The minimum atomic E-state index is -3.22. The smallest absolute Gasteiger partial charge is 0.251 e. The molecule has 0 unspecified atom stereocenters. The van der Waals surface area contributed by atoms with E-state index in [1.54, 1.807) is 48.5 Å². The van der Waals surface area contributed by atoms with Gasteiger partial charge in [-0.2, -0.15) is 0 Å². The highest BCUT2D eigenvalue weighted by molar-refractivity contribution is 7.90. The molecular weight excluding hydrogens is 334 g/mol. The van der Waals surface area contributed by atoms with Gasteiger partial charge >= 0.3 is 0 Å². The van der Waals surface area contributed by atoms with Crippen molar-refractivity contribution in [1.29, 1.82) is 0 Å². The van der Waals surface area contributed by atoms with E-state index >= 15 is 0 Å². The van der Waals surface area contributed by atoms with Gasteiger partial charge in [-0.25, -0.2) is 8.42 Å². The number of rotatable bonds is 5. The molecule has 0 fully saturated rings. The highest BCUT2D eigenvalue weighted by Crippen LogP contribution is 2.20. The molecule has 0 heterocycles. The number of hydrogen-bond donors (Lipinski definition) is 1. The molecule has 1 amide bonds. The van der Waals surface area contributed by atoms with Crippen molar-refractivity contribution in [1.82, 2.24) is 5.32 Å². The van der Waals surface area contributed by atoms with E-state index in [0.717, 1.165) is 5.56 Å². The Bertz CT molecular complexity index is 801. The maximum atomic E-state index is 12.3. The first-order valence-corrected chi connectivity index (χ1v) is 9.44. The van der Waals surface area contributed by atoms with E-state index in [9.17, 15) is 13.2 Å². The topological polar surface area (TPSA) is 63.2 Å². The van der Waals surface area contributed by atoms with Crippen LogP contribution in [-0.2, 0) is 9.84 Å². The van der Waals surface area contributed by atoms with Crippen molar-refractivity contribution in [3.8, 4) is 0 Å². The SMILES string of the molecule is CC[C@H](NC(=O)c1cccc(Cl)c1)c1ccc(S(C)(=O)=O)cc1. The Balaban J connectivity index is 2.18. The summed E-state index contributed by atoms with van der Waals surface area (Å²) in [5.74, 6) is -0.216. The number of amides is 1. The molecule has 2 rings (SSSR count). The molecule has 6 heteroatoms. The molecule has 0 bridgehead atoms. The first kappa shape index (κ1) is 17.5. The molecule has 0 saturated carbocycles. The number of benzene rings is 2. The number of carbonyl (C=O) groups is 1. The van der Waals surface area contributed by atoms with E-state index in [4.69, 9.17) is 11.6 Å². The quantitative estimate of drug-likeness (QED) is 0.894. The van der Waals surface area contributed by atoms with Gasteiger partial charge < -0.3 is 5.32 Å². The highest BCUT2D eigenvalue weighted by atomic mass is 35.5.